The summed E-state index contributed by atoms with van der Waals surface area (Å²) in [6, 6.07) is 0. The summed E-state index contributed by atoms with van der Waals surface area (Å²) in [5.41, 5.74) is 4.63. The fraction of sp³-hybridized carbons (Fsp3) is 0.875. The lowest BCUT2D eigenvalue weighted by molar-refractivity contribution is -0.0529. The Hall–Kier alpha value is -0.523. The number of hydrogen-bond acceptors (Lipinski definition) is 1. The minimum Gasteiger partial charge on any atom is -0.413 e. The van der Waals surface area contributed by atoms with E-state index in [1.165, 1.54) is 51.4 Å². The molecule has 4 rings (SSSR count). The Morgan fingerprint density at radius 3 is 2.15 bits per heavy atom. The molecule has 0 aromatic heterocycles. The highest BCUT2D eigenvalue weighted by Gasteiger charge is 2.59. The fourth-order valence-corrected chi connectivity index (χ4v) is 16.0. The monoisotopic (exact) mass is 482 g/mol. The molecule has 0 bridgehead atoms. The molecule has 1 nitrogen and oxygen atoms in total. The standard InChI is InChI=1S/C32H54OSi/c1-11-24(8)28-14-15-29-27-13-12-25-20-26(33-34(21(2)3,22(4)5)23(6)7)16-18-31(25,9)30(27)17-19-32(28,29)10/h1,12,21-24,26-30H,13-20H2,2-10H3/t24-,26-,27-,28+,29-,30-,31-,32+/m0/s1. The van der Waals surface area contributed by atoms with E-state index in [-0.39, 0.29) is 0 Å². The van der Waals surface area contributed by atoms with Crippen molar-refractivity contribution < 1.29 is 4.43 Å². The topological polar surface area (TPSA) is 9.23 Å². The Morgan fingerprint density at radius 2 is 1.56 bits per heavy atom. The maximum absolute atomic E-state index is 7.31. The summed E-state index contributed by atoms with van der Waals surface area (Å²) < 4.78 is 7.31. The van der Waals surface area contributed by atoms with Crippen molar-refractivity contribution in [2.45, 2.75) is 136 Å². The predicted molar refractivity (Wildman–Crippen MR) is 149 cm³/mol. The second kappa shape index (κ2) is 9.41. The summed E-state index contributed by atoms with van der Waals surface area (Å²) in [5, 5.41) is 0. The van der Waals surface area contributed by atoms with Crippen molar-refractivity contribution in [1.82, 2.24) is 0 Å². The Morgan fingerprint density at radius 1 is 0.912 bits per heavy atom. The van der Waals surface area contributed by atoms with E-state index in [2.05, 4.69) is 74.3 Å². The van der Waals surface area contributed by atoms with E-state index in [1.54, 1.807) is 5.57 Å². The van der Waals surface area contributed by atoms with Crippen LogP contribution in [0.25, 0.3) is 0 Å². The Balaban J connectivity index is 1.55. The first-order valence-corrected chi connectivity index (χ1v) is 16.9. The van der Waals surface area contributed by atoms with Gasteiger partial charge < -0.3 is 4.43 Å². The molecular formula is C32H54OSi. The molecule has 0 aliphatic heterocycles. The third-order valence-corrected chi connectivity index (χ3v) is 18.2. The molecule has 0 radical (unpaired) electrons. The van der Waals surface area contributed by atoms with E-state index < -0.39 is 8.32 Å². The fourth-order valence-electron chi connectivity index (χ4n) is 10.4. The van der Waals surface area contributed by atoms with Crippen LogP contribution in [0.3, 0.4) is 0 Å². The molecule has 0 aromatic carbocycles. The van der Waals surface area contributed by atoms with Gasteiger partial charge in [0, 0.05) is 12.0 Å². The normalized spacial score (nSPS) is 41.0. The molecule has 0 amide bonds. The predicted octanol–water partition coefficient (Wildman–Crippen LogP) is 9.40. The highest BCUT2D eigenvalue weighted by atomic mass is 28.4. The van der Waals surface area contributed by atoms with Gasteiger partial charge in [0.1, 0.15) is 0 Å². The first-order valence-electron chi connectivity index (χ1n) is 14.7. The van der Waals surface area contributed by atoms with Crippen molar-refractivity contribution in [2.24, 2.45) is 40.4 Å². The molecule has 192 valence electrons. The van der Waals surface area contributed by atoms with Gasteiger partial charge in [-0.1, -0.05) is 74.0 Å². The van der Waals surface area contributed by atoms with Crippen LogP contribution in [0.1, 0.15) is 114 Å². The van der Waals surface area contributed by atoms with Crippen molar-refractivity contribution in [3.05, 3.63) is 11.6 Å². The summed E-state index contributed by atoms with van der Waals surface area (Å²) in [6.07, 6.45) is 19.7. The third-order valence-electron chi connectivity index (χ3n) is 12.1. The van der Waals surface area contributed by atoms with Crippen LogP contribution in [-0.4, -0.2) is 14.4 Å². The van der Waals surface area contributed by atoms with Crippen LogP contribution in [0.15, 0.2) is 11.6 Å². The molecule has 34 heavy (non-hydrogen) atoms. The zero-order valence-electron chi connectivity index (χ0n) is 23.9. The van der Waals surface area contributed by atoms with Gasteiger partial charge in [-0.3, -0.25) is 0 Å². The molecule has 0 unspecified atom stereocenters. The van der Waals surface area contributed by atoms with Gasteiger partial charge in [0.25, 0.3) is 0 Å². The molecule has 4 aliphatic carbocycles. The quantitative estimate of drug-likeness (QED) is 0.208. The number of hydrogen-bond donors (Lipinski definition) is 0. The molecule has 8 atom stereocenters. The van der Waals surface area contributed by atoms with E-state index in [0.717, 1.165) is 23.7 Å². The van der Waals surface area contributed by atoms with Crippen LogP contribution in [0, 0.1) is 52.8 Å². The van der Waals surface area contributed by atoms with E-state index in [1.807, 2.05) is 0 Å². The first-order chi connectivity index (χ1) is 15.9. The zero-order valence-corrected chi connectivity index (χ0v) is 24.9. The smallest absolute Gasteiger partial charge is 0.200 e. The molecule has 3 saturated carbocycles. The largest absolute Gasteiger partial charge is 0.413 e. The minimum absolute atomic E-state index is 0.400. The lowest BCUT2D eigenvalue weighted by Crippen LogP contribution is -2.53. The highest BCUT2D eigenvalue weighted by Crippen LogP contribution is 2.67. The summed E-state index contributed by atoms with van der Waals surface area (Å²) in [5.74, 6) is 6.88. The number of allylic oxidation sites excluding steroid dienone is 1. The molecule has 0 heterocycles. The minimum atomic E-state index is -1.82. The average Bonchev–Trinajstić information content (AvgIpc) is 3.13. The second-order valence-electron chi connectivity index (χ2n) is 14.2. The Bertz CT molecular complexity index is 796. The SMILES string of the molecule is C#C[C@H](C)[C@H]1CC[C@H]2[C@@H]3CC=C4C[C@@H](O[Si](C(C)C)(C(C)C)C(C)C)CC[C@]4(C)[C@H]3CC[C@]12C. The van der Waals surface area contributed by atoms with Gasteiger partial charge in [0.05, 0.1) is 0 Å². The third kappa shape index (κ3) is 3.91. The van der Waals surface area contributed by atoms with Crippen LogP contribution < -0.4 is 0 Å². The van der Waals surface area contributed by atoms with E-state index in [0.29, 0.717) is 39.5 Å². The Kier molecular flexibility index (Phi) is 7.34. The zero-order chi connectivity index (χ0) is 25.1. The van der Waals surface area contributed by atoms with Gasteiger partial charge in [-0.25, -0.2) is 0 Å². The number of terminal acetylenes is 1. The Labute approximate surface area is 213 Å². The lowest BCUT2D eigenvalue weighted by atomic mass is 9.47. The van der Waals surface area contributed by atoms with Crippen LogP contribution in [-0.2, 0) is 4.43 Å². The maximum Gasteiger partial charge on any atom is 0.200 e. The van der Waals surface area contributed by atoms with Gasteiger partial charge in [-0.05, 0) is 102 Å². The summed E-state index contributed by atoms with van der Waals surface area (Å²) in [4.78, 5) is 0. The average molecular weight is 483 g/mol. The van der Waals surface area contributed by atoms with Crippen molar-refractivity contribution in [3.8, 4) is 12.3 Å². The van der Waals surface area contributed by atoms with E-state index >= 15 is 0 Å². The molecule has 0 spiro atoms. The maximum atomic E-state index is 7.31. The molecule has 4 aliphatic rings. The van der Waals surface area contributed by atoms with E-state index in [4.69, 9.17) is 10.8 Å². The first kappa shape index (κ1) is 26.5. The van der Waals surface area contributed by atoms with Gasteiger partial charge in [0.2, 0.25) is 8.32 Å². The molecular weight excluding hydrogens is 428 g/mol. The van der Waals surface area contributed by atoms with Crippen molar-refractivity contribution >= 4 is 8.32 Å². The molecule has 0 saturated heterocycles. The molecule has 3 fully saturated rings. The van der Waals surface area contributed by atoms with Crippen LogP contribution >= 0.6 is 0 Å². The number of rotatable bonds is 6. The molecule has 0 aromatic rings. The van der Waals surface area contributed by atoms with Crippen molar-refractivity contribution in [2.75, 3.05) is 0 Å². The number of fused-ring (bicyclic) bond motifs is 5. The van der Waals surface area contributed by atoms with Gasteiger partial charge in [-0.2, -0.15) is 0 Å². The van der Waals surface area contributed by atoms with Gasteiger partial charge >= 0.3 is 0 Å². The summed E-state index contributed by atoms with van der Waals surface area (Å²) in [6.45, 7) is 22.1. The van der Waals surface area contributed by atoms with Crippen LogP contribution in [0.5, 0.6) is 0 Å². The van der Waals surface area contributed by atoms with Gasteiger partial charge in [0.15, 0.2) is 0 Å². The lowest BCUT2D eigenvalue weighted by Gasteiger charge is -2.59. The molecule has 0 N–H and O–H groups in total. The van der Waals surface area contributed by atoms with Crippen LogP contribution in [0.4, 0.5) is 0 Å². The van der Waals surface area contributed by atoms with Crippen molar-refractivity contribution in [1.29, 1.82) is 0 Å². The molecule has 2 heteroatoms. The van der Waals surface area contributed by atoms with Crippen LogP contribution in [0.2, 0.25) is 16.6 Å². The highest BCUT2D eigenvalue weighted by molar-refractivity contribution is 6.77. The summed E-state index contributed by atoms with van der Waals surface area (Å²) in [7, 11) is -1.82. The van der Waals surface area contributed by atoms with E-state index in [9.17, 15) is 0 Å². The second-order valence-corrected chi connectivity index (χ2v) is 19.7. The summed E-state index contributed by atoms with van der Waals surface area (Å²) >= 11 is 0. The van der Waals surface area contributed by atoms with Crippen molar-refractivity contribution in [3.63, 3.8) is 0 Å². The van der Waals surface area contributed by atoms with Gasteiger partial charge in [-0.15, -0.1) is 12.3 Å².